The van der Waals surface area contributed by atoms with E-state index in [1.54, 1.807) is 23.5 Å². The van der Waals surface area contributed by atoms with E-state index in [1.165, 1.54) is 13.2 Å². The summed E-state index contributed by atoms with van der Waals surface area (Å²) >= 11 is 8.73. The molecule has 0 aliphatic heterocycles. The van der Waals surface area contributed by atoms with Gasteiger partial charge in [0.25, 0.3) is 0 Å². The average molecular weight is 437 g/mol. The molecule has 114 valence electrons. The van der Waals surface area contributed by atoms with Gasteiger partial charge in [-0.3, -0.25) is 0 Å². The van der Waals surface area contributed by atoms with E-state index in [2.05, 4.69) is 50.2 Å². The highest BCUT2D eigenvalue weighted by molar-refractivity contribution is 9.12. The molecule has 21 heavy (non-hydrogen) atoms. The Kier molecular flexibility index (Phi) is 6.22. The van der Waals surface area contributed by atoms with Crippen LogP contribution in [0.15, 0.2) is 31.8 Å². The molecule has 6 heteroatoms. The minimum Gasteiger partial charge on any atom is -0.494 e. The van der Waals surface area contributed by atoms with Gasteiger partial charge >= 0.3 is 0 Å². The van der Waals surface area contributed by atoms with Crippen molar-refractivity contribution in [1.29, 1.82) is 0 Å². The Bertz CT molecular complexity index is 618. The molecule has 0 saturated carbocycles. The lowest BCUT2D eigenvalue weighted by atomic mass is 10.0. The molecule has 1 N–H and O–H groups in total. The Morgan fingerprint density at radius 1 is 1.33 bits per heavy atom. The molecule has 2 rings (SSSR count). The molecule has 1 atom stereocenters. The number of rotatable bonds is 6. The molecule has 0 aliphatic carbocycles. The van der Waals surface area contributed by atoms with E-state index in [0.717, 1.165) is 31.7 Å². The Labute approximate surface area is 145 Å². The molecule has 0 radical (unpaired) electrons. The molecule has 0 fully saturated rings. The zero-order chi connectivity index (χ0) is 15.4. The predicted molar refractivity (Wildman–Crippen MR) is 92.8 cm³/mol. The van der Waals surface area contributed by atoms with Gasteiger partial charge in [0.2, 0.25) is 0 Å². The van der Waals surface area contributed by atoms with Crippen molar-refractivity contribution in [1.82, 2.24) is 5.32 Å². The third-order valence-corrected chi connectivity index (χ3v) is 5.49. The van der Waals surface area contributed by atoms with Crippen LogP contribution >= 0.6 is 43.2 Å². The highest BCUT2D eigenvalue weighted by Gasteiger charge is 2.20. The van der Waals surface area contributed by atoms with Crippen molar-refractivity contribution in [2.24, 2.45) is 0 Å². The van der Waals surface area contributed by atoms with E-state index in [9.17, 15) is 4.39 Å². The summed E-state index contributed by atoms with van der Waals surface area (Å²) in [6.07, 6.45) is 1.03. The van der Waals surface area contributed by atoms with Gasteiger partial charge in [0, 0.05) is 0 Å². The Hall–Kier alpha value is -0.430. The Morgan fingerprint density at radius 2 is 2.10 bits per heavy atom. The summed E-state index contributed by atoms with van der Waals surface area (Å²) in [5, 5.41) is 3.50. The molecule has 2 aromatic rings. The first-order chi connectivity index (χ1) is 10.1. The van der Waals surface area contributed by atoms with Gasteiger partial charge in [-0.05, 0) is 74.2 Å². The minimum absolute atomic E-state index is 0.00336. The van der Waals surface area contributed by atoms with Crippen LogP contribution in [0.5, 0.6) is 5.75 Å². The molecule has 0 saturated heterocycles. The standard InChI is InChI=1S/C15H16Br2FNOS/c1-3-6-19-14(10-8-13(16)21-15(10)17)9-4-5-11(18)12(7-9)20-2/h4-5,7-8,14,19H,3,6H2,1-2H3. The van der Waals surface area contributed by atoms with Gasteiger partial charge in [0.05, 0.1) is 20.7 Å². The van der Waals surface area contributed by atoms with Crippen molar-refractivity contribution in [3.8, 4) is 5.75 Å². The third-order valence-electron chi connectivity index (χ3n) is 3.10. The minimum atomic E-state index is -0.346. The Balaban J connectivity index is 2.42. The maximum Gasteiger partial charge on any atom is 0.165 e. The highest BCUT2D eigenvalue weighted by atomic mass is 79.9. The SMILES string of the molecule is CCCNC(c1ccc(F)c(OC)c1)c1cc(Br)sc1Br. The average Bonchev–Trinajstić information content (AvgIpc) is 2.79. The lowest BCUT2D eigenvalue weighted by Crippen LogP contribution is -2.23. The summed E-state index contributed by atoms with van der Waals surface area (Å²) in [5.41, 5.74) is 2.11. The van der Waals surface area contributed by atoms with Crippen molar-refractivity contribution < 1.29 is 9.13 Å². The summed E-state index contributed by atoms with van der Waals surface area (Å²) in [5.74, 6) is -0.0812. The quantitative estimate of drug-likeness (QED) is 0.644. The van der Waals surface area contributed by atoms with E-state index < -0.39 is 0 Å². The van der Waals surface area contributed by atoms with Crippen LogP contribution in [-0.2, 0) is 0 Å². The summed E-state index contributed by atoms with van der Waals surface area (Å²) in [6, 6.07) is 7.07. The maximum atomic E-state index is 13.6. The van der Waals surface area contributed by atoms with Crippen molar-refractivity contribution in [2.75, 3.05) is 13.7 Å². The number of halogens is 3. The molecular weight excluding hydrogens is 421 g/mol. The molecule has 0 aliphatic rings. The van der Waals surface area contributed by atoms with Crippen LogP contribution in [0.25, 0.3) is 0 Å². The van der Waals surface area contributed by atoms with Gasteiger partial charge < -0.3 is 10.1 Å². The Morgan fingerprint density at radius 3 is 2.67 bits per heavy atom. The summed E-state index contributed by atoms with van der Waals surface area (Å²) in [6.45, 7) is 3.00. The fourth-order valence-corrected chi connectivity index (χ4v) is 5.00. The second-order valence-corrected chi connectivity index (χ2v) is 8.31. The number of nitrogens with one attached hydrogen (secondary N) is 1. The van der Waals surface area contributed by atoms with Crippen LogP contribution in [0.4, 0.5) is 4.39 Å². The van der Waals surface area contributed by atoms with Gasteiger partial charge in [0.15, 0.2) is 11.6 Å². The zero-order valence-electron chi connectivity index (χ0n) is 11.8. The van der Waals surface area contributed by atoms with Crippen molar-refractivity contribution in [3.05, 3.63) is 48.8 Å². The van der Waals surface area contributed by atoms with Gasteiger partial charge in [-0.2, -0.15) is 0 Å². The van der Waals surface area contributed by atoms with Crippen LogP contribution in [-0.4, -0.2) is 13.7 Å². The van der Waals surface area contributed by atoms with E-state index >= 15 is 0 Å². The van der Waals surface area contributed by atoms with E-state index in [1.807, 2.05) is 0 Å². The largest absolute Gasteiger partial charge is 0.494 e. The van der Waals surface area contributed by atoms with Crippen LogP contribution in [0.1, 0.15) is 30.5 Å². The van der Waals surface area contributed by atoms with Crippen molar-refractivity contribution in [3.63, 3.8) is 0 Å². The number of hydrogen-bond donors (Lipinski definition) is 1. The summed E-state index contributed by atoms with van der Waals surface area (Å²) in [4.78, 5) is 0. The maximum absolute atomic E-state index is 13.6. The zero-order valence-corrected chi connectivity index (χ0v) is 15.7. The monoisotopic (exact) mass is 435 g/mol. The van der Waals surface area contributed by atoms with E-state index in [4.69, 9.17) is 4.74 Å². The van der Waals surface area contributed by atoms with Crippen LogP contribution in [0, 0.1) is 5.82 Å². The van der Waals surface area contributed by atoms with Crippen LogP contribution < -0.4 is 10.1 Å². The van der Waals surface area contributed by atoms with Crippen molar-refractivity contribution in [2.45, 2.75) is 19.4 Å². The summed E-state index contributed by atoms with van der Waals surface area (Å²) < 4.78 is 20.8. The first-order valence-electron chi connectivity index (χ1n) is 6.58. The summed E-state index contributed by atoms with van der Waals surface area (Å²) in [7, 11) is 1.48. The molecule has 0 amide bonds. The number of benzene rings is 1. The topological polar surface area (TPSA) is 21.3 Å². The number of hydrogen-bond acceptors (Lipinski definition) is 3. The second kappa shape index (κ2) is 7.72. The predicted octanol–water partition coefficient (Wildman–Crippen LogP) is 5.51. The van der Waals surface area contributed by atoms with E-state index in [-0.39, 0.29) is 17.6 Å². The molecular formula is C15H16Br2FNOS. The lowest BCUT2D eigenvalue weighted by molar-refractivity contribution is 0.385. The van der Waals surface area contributed by atoms with Gasteiger partial charge in [-0.25, -0.2) is 4.39 Å². The van der Waals surface area contributed by atoms with Crippen LogP contribution in [0.3, 0.4) is 0 Å². The molecule has 1 aromatic heterocycles. The third kappa shape index (κ3) is 4.06. The van der Waals surface area contributed by atoms with E-state index in [0.29, 0.717) is 0 Å². The van der Waals surface area contributed by atoms with Crippen molar-refractivity contribution >= 4 is 43.2 Å². The van der Waals surface area contributed by atoms with Gasteiger partial charge in [-0.15, -0.1) is 11.3 Å². The first kappa shape index (κ1) is 16.9. The smallest absolute Gasteiger partial charge is 0.165 e. The fraction of sp³-hybridized carbons (Fsp3) is 0.333. The molecule has 1 unspecified atom stereocenters. The molecule has 1 aromatic carbocycles. The number of thiophene rings is 1. The molecule has 2 nitrogen and oxygen atoms in total. The first-order valence-corrected chi connectivity index (χ1v) is 8.98. The second-order valence-electron chi connectivity index (χ2n) is 4.56. The molecule has 0 spiro atoms. The lowest BCUT2D eigenvalue weighted by Gasteiger charge is -2.19. The van der Waals surface area contributed by atoms with Gasteiger partial charge in [-0.1, -0.05) is 13.0 Å². The fourth-order valence-electron chi connectivity index (χ4n) is 2.10. The normalized spacial score (nSPS) is 12.4. The van der Waals surface area contributed by atoms with Crippen LogP contribution in [0.2, 0.25) is 0 Å². The van der Waals surface area contributed by atoms with Gasteiger partial charge in [0.1, 0.15) is 0 Å². The number of ether oxygens (including phenoxy) is 1. The molecule has 1 heterocycles. The molecule has 0 bridgehead atoms. The number of methoxy groups -OCH3 is 1. The highest BCUT2D eigenvalue weighted by Crippen LogP contribution is 2.38.